The maximum absolute atomic E-state index is 13.9. The predicted molar refractivity (Wildman–Crippen MR) is 196 cm³/mol. The van der Waals surface area contributed by atoms with E-state index in [1.54, 1.807) is 14.2 Å². The molecule has 0 unspecified atom stereocenters. The van der Waals surface area contributed by atoms with Crippen LogP contribution < -0.4 is 0 Å². The number of carbonyl (C=O) groups excluding carboxylic acids is 2. The van der Waals surface area contributed by atoms with E-state index in [2.05, 4.69) is 46.6 Å². The Morgan fingerprint density at radius 2 is 1.32 bits per heavy atom. The number of hydrogen-bond acceptors (Lipinski definition) is 12. The second kappa shape index (κ2) is 17.9. The zero-order chi connectivity index (χ0) is 39.2. The number of nitro groups is 2. The summed E-state index contributed by atoms with van der Waals surface area (Å²) in [6.45, 7) is 1.21. The molecule has 0 aliphatic heterocycles. The fourth-order valence-corrected chi connectivity index (χ4v) is 7.46. The van der Waals surface area contributed by atoms with Crippen molar-refractivity contribution >= 4 is 88.6 Å². The highest BCUT2D eigenvalue weighted by atomic mass is 79.9. The molecule has 0 saturated heterocycles. The molecule has 2 aliphatic rings. The van der Waals surface area contributed by atoms with Crippen LogP contribution in [0, 0.1) is 49.6 Å². The Labute approximate surface area is 323 Å². The smallest absolute Gasteiger partial charge is 0.316 e. The Hall–Kier alpha value is -3.97. The third-order valence-corrected chi connectivity index (χ3v) is 10.6. The number of nitrogens with zero attached hydrogens (tertiary/aromatic N) is 4. The molecule has 14 nitrogen and oxygen atoms in total. The third kappa shape index (κ3) is 9.05. The molecule has 2 aromatic heterocycles. The van der Waals surface area contributed by atoms with Crippen LogP contribution in [0.4, 0.5) is 20.2 Å². The molecule has 0 bridgehead atoms. The zero-order valence-electron chi connectivity index (χ0n) is 28.7. The minimum atomic E-state index is -1.18. The maximum Gasteiger partial charge on any atom is 0.316 e. The Morgan fingerprint density at radius 1 is 0.830 bits per heavy atom. The summed E-state index contributed by atoms with van der Waals surface area (Å²) in [7, 11) is 5.93. The first kappa shape index (κ1) is 41.8. The van der Waals surface area contributed by atoms with Gasteiger partial charge in [-0.25, -0.2) is 18.7 Å². The van der Waals surface area contributed by atoms with Crippen molar-refractivity contribution in [2.75, 3.05) is 41.7 Å². The van der Waals surface area contributed by atoms with Crippen molar-refractivity contribution in [2.24, 2.45) is 17.8 Å². The summed E-state index contributed by atoms with van der Waals surface area (Å²) < 4.78 is 47.0. The fraction of sp³-hybridized carbons (Fsp3) is 0.412. The third-order valence-electron chi connectivity index (χ3n) is 9.01. The average Bonchev–Trinajstić information content (AvgIpc) is 3.08. The summed E-state index contributed by atoms with van der Waals surface area (Å²) in [5.74, 6) is -0.874. The molecule has 0 amide bonds. The molecule has 2 saturated carbocycles. The van der Waals surface area contributed by atoms with Crippen LogP contribution in [0.3, 0.4) is 0 Å². The lowest BCUT2D eigenvalue weighted by Crippen LogP contribution is -2.50. The van der Waals surface area contributed by atoms with Gasteiger partial charge in [0.15, 0.2) is 0 Å². The molecule has 0 N–H and O–H groups in total. The van der Waals surface area contributed by atoms with Crippen LogP contribution in [-0.4, -0.2) is 73.4 Å². The van der Waals surface area contributed by atoms with Crippen molar-refractivity contribution in [3.8, 4) is 0 Å². The lowest BCUT2D eigenvalue weighted by Gasteiger charge is -2.45. The molecule has 6 rings (SSSR count). The van der Waals surface area contributed by atoms with E-state index >= 15 is 0 Å². The van der Waals surface area contributed by atoms with E-state index in [-0.39, 0.29) is 59.7 Å². The van der Waals surface area contributed by atoms with Gasteiger partial charge in [-0.3, -0.25) is 29.8 Å². The molecule has 0 atom stereocenters. The van der Waals surface area contributed by atoms with Gasteiger partial charge in [-0.2, -0.15) is 0 Å². The number of rotatable bonds is 9. The average molecular weight is 891 g/mol. The van der Waals surface area contributed by atoms with Gasteiger partial charge >= 0.3 is 17.6 Å². The number of fused-ring (bicyclic) bond motifs is 2. The Morgan fingerprint density at radius 3 is 1.81 bits per heavy atom. The molecule has 4 aromatic rings. The van der Waals surface area contributed by atoms with Gasteiger partial charge in [-0.05, 0) is 81.5 Å². The highest BCUT2D eigenvalue weighted by Crippen LogP contribution is 2.53. The monoisotopic (exact) mass is 888 g/mol. The van der Waals surface area contributed by atoms with E-state index in [1.165, 1.54) is 32.4 Å². The van der Waals surface area contributed by atoms with E-state index in [9.17, 15) is 38.6 Å². The largest absolute Gasteiger partial charge is 0.469 e. The SMILES string of the molecule is COCC1CC(C(=O)OC)(c2c([N+](=O)[O-])cnc3cc(F)c(Br)cc23)C1.COCC1CC(C(=O)OC)C1.O=[N+]([O-])c1cnc2cc(F)c(Br)cc2c1Cl. The van der Waals surface area contributed by atoms with Gasteiger partial charge in [0.2, 0.25) is 0 Å². The quantitative estimate of drug-likeness (QED) is 0.0897. The van der Waals surface area contributed by atoms with E-state index in [4.69, 9.17) is 25.8 Å². The standard InChI is InChI=1S/C17H16BrFN2O5.C9H3BrClFN2O2.C8H14O3/c1-25-8-9-5-17(6-9,16(22)26-2)15-10-3-11(18)12(19)4-13(10)20-7-14(15)21(23)24;10-5-1-4-7(2-6(5)12)13-3-8(9(4)11)14(15)16;1-10-5-6-3-7(4-6)8(9)11-2/h3-4,7,9H,5-6,8H2,1-2H3;1-3H;6-7H,3-5H2,1-2H3. The van der Waals surface area contributed by atoms with E-state index in [0.717, 1.165) is 37.9 Å². The second-order valence-corrected chi connectivity index (χ2v) is 14.5. The molecule has 0 spiro atoms. The molecule has 0 radical (unpaired) electrons. The van der Waals surface area contributed by atoms with Gasteiger partial charge in [0.25, 0.3) is 5.69 Å². The minimum Gasteiger partial charge on any atom is -0.469 e. The van der Waals surface area contributed by atoms with Gasteiger partial charge in [0.05, 0.1) is 55.5 Å². The lowest BCUT2D eigenvalue weighted by molar-refractivity contribution is -0.386. The summed E-state index contributed by atoms with van der Waals surface area (Å²) in [6, 6.07) is 5.14. The van der Waals surface area contributed by atoms with Crippen LogP contribution in [0.25, 0.3) is 21.8 Å². The van der Waals surface area contributed by atoms with Crippen molar-refractivity contribution in [2.45, 2.75) is 31.1 Å². The first-order valence-electron chi connectivity index (χ1n) is 15.8. The van der Waals surface area contributed by atoms with E-state index in [0.29, 0.717) is 36.1 Å². The van der Waals surface area contributed by atoms with E-state index < -0.39 is 32.9 Å². The number of ether oxygens (including phenoxy) is 4. The molecular weight excluding hydrogens is 858 g/mol. The predicted octanol–water partition coefficient (Wildman–Crippen LogP) is 8.04. The molecule has 2 aromatic carbocycles. The topological polar surface area (TPSA) is 183 Å². The van der Waals surface area contributed by atoms with Crippen LogP contribution >= 0.6 is 43.5 Å². The van der Waals surface area contributed by atoms with Crippen LogP contribution in [0.2, 0.25) is 5.02 Å². The number of aromatic nitrogens is 2. The number of esters is 2. The number of halogens is 5. The number of pyridine rings is 2. The summed E-state index contributed by atoms with van der Waals surface area (Å²) in [5, 5.41) is 22.9. The maximum atomic E-state index is 13.9. The van der Waals surface area contributed by atoms with Crippen LogP contribution in [-0.2, 0) is 34.0 Å². The number of carbonyl (C=O) groups is 2. The summed E-state index contributed by atoms with van der Waals surface area (Å²) in [4.78, 5) is 52.3. The Balaban J connectivity index is 0.000000197. The molecule has 53 heavy (non-hydrogen) atoms. The summed E-state index contributed by atoms with van der Waals surface area (Å²) in [6.07, 6.45) is 4.64. The van der Waals surface area contributed by atoms with Gasteiger partial charge in [0, 0.05) is 50.3 Å². The molecule has 2 heterocycles. The fourth-order valence-electron chi connectivity index (χ4n) is 6.50. The Kier molecular flexibility index (Phi) is 14.1. The van der Waals surface area contributed by atoms with Crippen molar-refractivity contribution in [1.29, 1.82) is 0 Å². The molecule has 2 fully saturated rings. The summed E-state index contributed by atoms with van der Waals surface area (Å²) >= 11 is 11.9. The molecule has 284 valence electrons. The van der Waals surface area contributed by atoms with Crippen molar-refractivity contribution in [3.63, 3.8) is 0 Å². The summed E-state index contributed by atoms with van der Waals surface area (Å²) in [5.41, 5.74) is -1.03. The van der Waals surface area contributed by atoms with Crippen LogP contribution in [0.15, 0.2) is 45.6 Å². The highest BCUT2D eigenvalue weighted by molar-refractivity contribution is 9.10. The lowest BCUT2D eigenvalue weighted by atomic mass is 9.58. The molecule has 2 aliphatic carbocycles. The van der Waals surface area contributed by atoms with Gasteiger partial charge in [0.1, 0.15) is 34.5 Å². The van der Waals surface area contributed by atoms with Crippen LogP contribution in [0.1, 0.15) is 31.2 Å². The van der Waals surface area contributed by atoms with Gasteiger partial charge in [-0.1, -0.05) is 11.6 Å². The van der Waals surface area contributed by atoms with Crippen molar-refractivity contribution in [3.05, 3.63) is 88.1 Å². The minimum absolute atomic E-state index is 0.0456. The van der Waals surface area contributed by atoms with Crippen molar-refractivity contribution in [1.82, 2.24) is 9.97 Å². The van der Waals surface area contributed by atoms with Gasteiger partial charge in [-0.15, -0.1) is 0 Å². The highest BCUT2D eigenvalue weighted by Gasteiger charge is 2.56. The number of hydrogen-bond donors (Lipinski definition) is 0. The second-order valence-electron chi connectivity index (χ2n) is 12.4. The van der Waals surface area contributed by atoms with Crippen LogP contribution in [0.5, 0.6) is 0 Å². The normalized spacial score (nSPS) is 20.1. The number of benzene rings is 2. The van der Waals surface area contributed by atoms with E-state index in [1.807, 2.05) is 0 Å². The first-order valence-corrected chi connectivity index (χ1v) is 17.7. The zero-order valence-corrected chi connectivity index (χ0v) is 32.6. The van der Waals surface area contributed by atoms with Gasteiger partial charge < -0.3 is 18.9 Å². The first-order chi connectivity index (χ1) is 25.1. The number of methoxy groups -OCH3 is 4. The Bertz CT molecular complexity index is 2050. The van der Waals surface area contributed by atoms with Crippen molar-refractivity contribution < 1.29 is 47.2 Å². The molecule has 19 heteroatoms. The molecular formula is C34H33Br2ClF2N4O10.